The number of hydrogen-bond acceptors (Lipinski definition) is 2. The van der Waals surface area contributed by atoms with E-state index in [9.17, 15) is 9.18 Å². The molecule has 1 heterocycles. The van der Waals surface area contributed by atoms with Crippen molar-refractivity contribution in [2.24, 2.45) is 0 Å². The highest BCUT2D eigenvalue weighted by Gasteiger charge is 2.37. The van der Waals surface area contributed by atoms with Crippen molar-refractivity contribution >= 4 is 29.3 Å². The highest BCUT2D eigenvalue weighted by molar-refractivity contribution is 6.31. The molecule has 0 aromatic heterocycles. The number of carbonyl (C=O) groups is 1. The summed E-state index contributed by atoms with van der Waals surface area (Å²) in [6.45, 7) is 2.18. The molecule has 1 aliphatic heterocycles. The lowest BCUT2D eigenvalue weighted by atomic mass is 9.88. The van der Waals surface area contributed by atoms with Crippen molar-refractivity contribution in [1.82, 2.24) is 4.90 Å². The zero-order valence-corrected chi connectivity index (χ0v) is 12.5. The van der Waals surface area contributed by atoms with Crippen LogP contribution in [0.3, 0.4) is 0 Å². The molecule has 1 saturated heterocycles. The number of benzene rings is 1. The SMILES string of the molecule is COc1c(C(C)Cl)cc(Cl)c(F)c1C1CN(C(=O)O)C1. The Morgan fingerprint density at radius 3 is 2.65 bits per heavy atom. The van der Waals surface area contributed by atoms with Gasteiger partial charge < -0.3 is 14.7 Å². The van der Waals surface area contributed by atoms with Crippen molar-refractivity contribution in [3.8, 4) is 5.75 Å². The number of nitrogens with zero attached hydrogens (tertiary/aromatic N) is 1. The molecule has 7 heteroatoms. The normalized spacial score (nSPS) is 16.8. The van der Waals surface area contributed by atoms with E-state index in [-0.39, 0.29) is 24.0 Å². The summed E-state index contributed by atoms with van der Waals surface area (Å²) < 4.78 is 19.5. The third-order valence-corrected chi connectivity index (χ3v) is 3.94. The molecule has 1 N–H and O–H groups in total. The fraction of sp³-hybridized carbons (Fsp3) is 0.462. The molecule has 0 spiro atoms. The van der Waals surface area contributed by atoms with Gasteiger partial charge in [-0.25, -0.2) is 9.18 Å². The number of methoxy groups -OCH3 is 1. The maximum absolute atomic E-state index is 14.3. The maximum atomic E-state index is 14.3. The van der Waals surface area contributed by atoms with Crippen LogP contribution in [0.2, 0.25) is 5.02 Å². The first kappa shape index (κ1) is 15.2. The van der Waals surface area contributed by atoms with Gasteiger partial charge >= 0.3 is 6.09 Å². The average Bonchev–Trinajstić information content (AvgIpc) is 2.31. The highest BCUT2D eigenvalue weighted by atomic mass is 35.5. The second kappa shape index (κ2) is 5.66. The van der Waals surface area contributed by atoms with Gasteiger partial charge in [-0.05, 0) is 13.0 Å². The topological polar surface area (TPSA) is 49.8 Å². The predicted octanol–water partition coefficient (Wildman–Crippen LogP) is 3.86. The molecule has 0 saturated carbocycles. The molecule has 1 fully saturated rings. The van der Waals surface area contributed by atoms with Crippen LogP contribution in [0, 0.1) is 5.82 Å². The Morgan fingerprint density at radius 1 is 1.60 bits per heavy atom. The molecule has 1 aliphatic rings. The molecule has 1 atom stereocenters. The minimum atomic E-state index is -1.02. The van der Waals surface area contributed by atoms with E-state index in [4.69, 9.17) is 33.0 Å². The lowest BCUT2D eigenvalue weighted by molar-refractivity contribution is 0.103. The van der Waals surface area contributed by atoms with E-state index in [1.165, 1.54) is 18.1 Å². The zero-order chi connectivity index (χ0) is 15.0. The quantitative estimate of drug-likeness (QED) is 0.860. The third-order valence-electron chi connectivity index (χ3n) is 3.43. The molecule has 0 bridgehead atoms. The number of hydrogen-bond donors (Lipinski definition) is 1. The number of likely N-dealkylation sites (tertiary alicyclic amines) is 1. The van der Waals surface area contributed by atoms with Gasteiger partial charge in [-0.2, -0.15) is 0 Å². The van der Waals surface area contributed by atoms with Gasteiger partial charge in [-0.3, -0.25) is 0 Å². The smallest absolute Gasteiger partial charge is 0.407 e. The van der Waals surface area contributed by atoms with Crippen molar-refractivity contribution in [2.45, 2.75) is 18.2 Å². The molecule has 1 amide bonds. The van der Waals surface area contributed by atoms with Gasteiger partial charge in [0.2, 0.25) is 0 Å². The molecule has 0 aliphatic carbocycles. The van der Waals surface area contributed by atoms with Gasteiger partial charge in [0.1, 0.15) is 11.6 Å². The minimum Gasteiger partial charge on any atom is -0.496 e. The summed E-state index contributed by atoms with van der Waals surface area (Å²) in [6, 6.07) is 1.45. The summed E-state index contributed by atoms with van der Waals surface area (Å²) in [5, 5.41) is 8.42. The molecular formula is C13H14Cl2FNO3. The van der Waals surface area contributed by atoms with Gasteiger partial charge in [0.15, 0.2) is 0 Å². The Balaban J connectivity index is 2.44. The van der Waals surface area contributed by atoms with E-state index in [1.807, 2.05) is 0 Å². The second-order valence-electron chi connectivity index (χ2n) is 4.71. The fourth-order valence-corrected chi connectivity index (χ4v) is 2.74. The van der Waals surface area contributed by atoms with Gasteiger partial charge in [0.05, 0.1) is 17.5 Å². The lowest BCUT2D eigenvalue weighted by Crippen LogP contribution is -2.48. The third kappa shape index (κ3) is 2.52. The monoisotopic (exact) mass is 321 g/mol. The molecule has 1 aromatic rings. The van der Waals surface area contributed by atoms with Crippen LogP contribution in [0.25, 0.3) is 0 Å². The minimum absolute atomic E-state index is 0.0305. The molecule has 0 radical (unpaired) electrons. The van der Waals surface area contributed by atoms with Crippen LogP contribution in [0.4, 0.5) is 9.18 Å². The van der Waals surface area contributed by atoms with Crippen LogP contribution >= 0.6 is 23.2 Å². The highest BCUT2D eigenvalue weighted by Crippen LogP contribution is 2.43. The Kier molecular flexibility index (Phi) is 4.30. The largest absolute Gasteiger partial charge is 0.496 e. The summed E-state index contributed by atoms with van der Waals surface area (Å²) in [4.78, 5) is 12.0. The van der Waals surface area contributed by atoms with Gasteiger partial charge in [-0.15, -0.1) is 11.6 Å². The van der Waals surface area contributed by atoms with E-state index in [0.29, 0.717) is 16.9 Å². The van der Waals surface area contributed by atoms with Crippen LogP contribution in [0.5, 0.6) is 5.75 Å². The zero-order valence-electron chi connectivity index (χ0n) is 11.0. The van der Waals surface area contributed by atoms with E-state index in [2.05, 4.69) is 0 Å². The van der Waals surface area contributed by atoms with Crippen LogP contribution in [0.1, 0.15) is 29.3 Å². The number of halogens is 3. The number of rotatable bonds is 3. The molecular weight excluding hydrogens is 308 g/mol. The van der Waals surface area contributed by atoms with E-state index in [1.54, 1.807) is 6.92 Å². The van der Waals surface area contributed by atoms with Gasteiger partial charge in [0.25, 0.3) is 0 Å². The lowest BCUT2D eigenvalue weighted by Gasteiger charge is -2.38. The van der Waals surface area contributed by atoms with Crippen LogP contribution in [0.15, 0.2) is 6.07 Å². The van der Waals surface area contributed by atoms with E-state index in [0.717, 1.165) is 0 Å². The molecule has 2 rings (SSSR count). The number of ether oxygens (including phenoxy) is 1. The van der Waals surface area contributed by atoms with Crippen molar-refractivity contribution in [3.63, 3.8) is 0 Å². The van der Waals surface area contributed by atoms with E-state index < -0.39 is 17.3 Å². The first-order chi connectivity index (χ1) is 9.36. The maximum Gasteiger partial charge on any atom is 0.407 e. The van der Waals surface area contributed by atoms with Crippen molar-refractivity contribution in [3.05, 3.63) is 28.0 Å². The summed E-state index contributed by atoms with van der Waals surface area (Å²) >= 11 is 12.0. The summed E-state index contributed by atoms with van der Waals surface area (Å²) in [5.74, 6) is -0.488. The number of carboxylic acid groups (broad SMARTS) is 1. The predicted molar refractivity (Wildman–Crippen MR) is 74.6 cm³/mol. The molecule has 110 valence electrons. The Hall–Kier alpha value is -1.20. The fourth-order valence-electron chi connectivity index (χ4n) is 2.35. The van der Waals surface area contributed by atoms with Crippen molar-refractivity contribution in [2.75, 3.05) is 20.2 Å². The molecule has 1 aromatic carbocycles. The summed E-state index contributed by atoms with van der Waals surface area (Å²) in [7, 11) is 1.43. The van der Waals surface area contributed by atoms with Gasteiger partial charge in [0, 0.05) is 30.1 Å². The van der Waals surface area contributed by atoms with Crippen LogP contribution < -0.4 is 4.74 Å². The standard InChI is InChI=1S/C13H14Cl2FNO3/c1-6(14)8-3-9(15)11(16)10(12(8)20-2)7-4-17(5-7)13(18)19/h3,6-7H,4-5H2,1-2H3,(H,18,19). The Morgan fingerprint density at radius 2 is 2.20 bits per heavy atom. The summed E-state index contributed by atoms with van der Waals surface area (Å²) in [5.41, 5.74) is 0.907. The molecule has 4 nitrogen and oxygen atoms in total. The van der Waals surface area contributed by atoms with Crippen LogP contribution in [-0.2, 0) is 0 Å². The van der Waals surface area contributed by atoms with Crippen molar-refractivity contribution in [1.29, 1.82) is 0 Å². The summed E-state index contributed by atoms with van der Waals surface area (Å²) in [6.07, 6.45) is -1.02. The Labute approximate surface area is 126 Å². The first-order valence-corrected chi connectivity index (χ1v) is 6.86. The molecule has 20 heavy (non-hydrogen) atoms. The number of alkyl halides is 1. The number of amides is 1. The second-order valence-corrected chi connectivity index (χ2v) is 5.77. The van der Waals surface area contributed by atoms with Crippen LogP contribution in [-0.4, -0.2) is 36.3 Å². The van der Waals surface area contributed by atoms with E-state index >= 15 is 0 Å². The van der Waals surface area contributed by atoms with Crippen molar-refractivity contribution < 1.29 is 19.0 Å². The average molecular weight is 322 g/mol. The molecule has 1 unspecified atom stereocenters. The van der Waals surface area contributed by atoms with Gasteiger partial charge in [-0.1, -0.05) is 11.6 Å². The first-order valence-electron chi connectivity index (χ1n) is 6.04. The Bertz CT molecular complexity index is 545.